The second-order valence-electron chi connectivity index (χ2n) is 6.45. The van der Waals surface area contributed by atoms with E-state index in [4.69, 9.17) is 4.74 Å². The van der Waals surface area contributed by atoms with Crippen molar-refractivity contribution < 1.29 is 27.1 Å². The third-order valence-electron chi connectivity index (χ3n) is 4.50. The summed E-state index contributed by atoms with van der Waals surface area (Å²) in [6.07, 6.45) is -4.90. The number of anilines is 1. The number of carbonyl (C=O) groups excluding carboxylic acids is 1. The third-order valence-corrected chi connectivity index (χ3v) is 4.50. The zero-order valence-electron chi connectivity index (χ0n) is 14.8. The molecule has 1 amide bonds. The highest BCUT2D eigenvalue weighted by molar-refractivity contribution is 6.03. The van der Waals surface area contributed by atoms with Crippen LogP contribution in [0.5, 0.6) is 0 Å². The molecule has 0 aliphatic carbocycles. The SMILES string of the molecule is O=C(Nc1cccc(C(F)(F)F)c1)c1nnn2c1CO[C@@H](c1ccc(F)cc1)C2. The summed E-state index contributed by atoms with van der Waals surface area (Å²) in [5.41, 5.74) is 0.258. The Bertz CT molecular complexity index is 1050. The number of amides is 1. The van der Waals surface area contributed by atoms with Crippen LogP contribution >= 0.6 is 0 Å². The summed E-state index contributed by atoms with van der Waals surface area (Å²) >= 11 is 0. The Labute approximate surface area is 162 Å². The number of carbonyl (C=O) groups is 1. The smallest absolute Gasteiger partial charge is 0.365 e. The van der Waals surface area contributed by atoms with Crippen LogP contribution in [0.3, 0.4) is 0 Å². The fraction of sp³-hybridized carbons (Fsp3) is 0.211. The van der Waals surface area contributed by atoms with E-state index in [0.29, 0.717) is 5.69 Å². The molecule has 3 aromatic rings. The molecule has 29 heavy (non-hydrogen) atoms. The highest BCUT2D eigenvalue weighted by atomic mass is 19.4. The molecule has 2 heterocycles. The van der Waals surface area contributed by atoms with Crippen LogP contribution in [0.1, 0.15) is 33.4 Å². The van der Waals surface area contributed by atoms with E-state index in [0.717, 1.165) is 17.7 Å². The number of nitrogens with one attached hydrogen (secondary N) is 1. The quantitative estimate of drug-likeness (QED) is 0.669. The minimum absolute atomic E-state index is 0.00695. The molecule has 1 N–H and O–H groups in total. The topological polar surface area (TPSA) is 69.0 Å². The number of benzene rings is 2. The molecule has 1 aliphatic rings. The number of rotatable bonds is 3. The first kappa shape index (κ1) is 19.1. The molecule has 1 aliphatic heterocycles. The van der Waals surface area contributed by atoms with Gasteiger partial charge in [0.05, 0.1) is 24.4 Å². The molecule has 0 fully saturated rings. The van der Waals surface area contributed by atoms with Crippen molar-refractivity contribution >= 4 is 11.6 Å². The molecule has 0 radical (unpaired) electrons. The molecule has 1 atom stereocenters. The van der Waals surface area contributed by atoms with E-state index in [1.54, 1.807) is 12.1 Å². The summed E-state index contributed by atoms with van der Waals surface area (Å²) in [5, 5.41) is 10.2. The lowest BCUT2D eigenvalue weighted by Crippen LogP contribution is -2.24. The molecule has 10 heteroatoms. The van der Waals surface area contributed by atoms with Gasteiger partial charge in [-0.1, -0.05) is 23.4 Å². The molecular formula is C19H14F4N4O2. The minimum Gasteiger partial charge on any atom is -0.365 e. The van der Waals surface area contributed by atoms with Gasteiger partial charge in [0.2, 0.25) is 0 Å². The van der Waals surface area contributed by atoms with Gasteiger partial charge in [0.15, 0.2) is 5.69 Å². The van der Waals surface area contributed by atoms with Crippen LogP contribution in [0.4, 0.5) is 23.2 Å². The molecule has 4 rings (SSSR count). The lowest BCUT2D eigenvalue weighted by atomic mass is 10.1. The maximum atomic E-state index is 13.1. The van der Waals surface area contributed by atoms with Crippen LogP contribution in [0, 0.1) is 5.82 Å². The second kappa shape index (κ2) is 7.28. The Hall–Kier alpha value is -3.27. The number of hydrogen-bond acceptors (Lipinski definition) is 4. The molecule has 1 aromatic heterocycles. The Kier molecular flexibility index (Phi) is 4.79. The largest absolute Gasteiger partial charge is 0.416 e. The zero-order valence-corrected chi connectivity index (χ0v) is 14.8. The van der Waals surface area contributed by atoms with Crippen molar-refractivity contribution in [1.29, 1.82) is 0 Å². The predicted octanol–water partition coefficient (Wildman–Crippen LogP) is 3.96. The van der Waals surface area contributed by atoms with Gasteiger partial charge in [0.25, 0.3) is 5.91 Å². The molecule has 0 spiro atoms. The maximum Gasteiger partial charge on any atom is 0.416 e. The van der Waals surface area contributed by atoms with Crippen molar-refractivity contribution in [3.05, 3.63) is 76.9 Å². The van der Waals surface area contributed by atoms with Crippen molar-refractivity contribution in [2.45, 2.75) is 25.4 Å². The normalized spacial score (nSPS) is 16.3. The number of alkyl halides is 3. The number of ether oxygens (including phenoxy) is 1. The third kappa shape index (κ3) is 3.97. The molecular weight excluding hydrogens is 392 g/mol. The Morgan fingerprint density at radius 1 is 1.17 bits per heavy atom. The van der Waals surface area contributed by atoms with Gasteiger partial charge >= 0.3 is 6.18 Å². The minimum atomic E-state index is -4.51. The molecule has 0 saturated heterocycles. The number of aromatic nitrogens is 3. The predicted molar refractivity (Wildman–Crippen MR) is 93.3 cm³/mol. The average Bonchev–Trinajstić information content (AvgIpc) is 3.11. The van der Waals surface area contributed by atoms with E-state index in [1.165, 1.54) is 28.9 Å². The van der Waals surface area contributed by atoms with Gasteiger partial charge in [-0.2, -0.15) is 13.2 Å². The van der Waals surface area contributed by atoms with Crippen LogP contribution in [0.25, 0.3) is 0 Å². The van der Waals surface area contributed by atoms with Crippen LogP contribution in [0.2, 0.25) is 0 Å². The summed E-state index contributed by atoms with van der Waals surface area (Å²) in [6.45, 7) is 0.297. The maximum absolute atomic E-state index is 13.1. The number of hydrogen-bond donors (Lipinski definition) is 1. The van der Waals surface area contributed by atoms with E-state index in [1.807, 2.05) is 0 Å². The summed E-state index contributed by atoms with van der Waals surface area (Å²) in [4.78, 5) is 12.5. The van der Waals surface area contributed by atoms with Gasteiger partial charge in [-0.25, -0.2) is 9.07 Å². The molecule has 2 aromatic carbocycles. The summed E-state index contributed by atoms with van der Waals surface area (Å²) in [5.74, 6) is -1.05. The Morgan fingerprint density at radius 2 is 1.93 bits per heavy atom. The van der Waals surface area contributed by atoms with Gasteiger partial charge in [-0.15, -0.1) is 5.10 Å². The summed E-state index contributed by atoms with van der Waals surface area (Å²) < 4.78 is 58.8. The zero-order chi connectivity index (χ0) is 20.6. The van der Waals surface area contributed by atoms with Crippen molar-refractivity contribution in [3.8, 4) is 0 Å². The van der Waals surface area contributed by atoms with Gasteiger partial charge in [-0.3, -0.25) is 4.79 Å². The fourth-order valence-electron chi connectivity index (χ4n) is 3.03. The molecule has 6 nitrogen and oxygen atoms in total. The van der Waals surface area contributed by atoms with Gasteiger partial charge in [-0.05, 0) is 35.9 Å². The van der Waals surface area contributed by atoms with Crippen molar-refractivity contribution in [1.82, 2.24) is 15.0 Å². The molecule has 0 saturated carbocycles. The first-order valence-electron chi connectivity index (χ1n) is 8.59. The van der Waals surface area contributed by atoms with Gasteiger partial charge in [0, 0.05) is 5.69 Å². The molecule has 0 bridgehead atoms. The first-order chi connectivity index (χ1) is 13.8. The lowest BCUT2D eigenvalue weighted by molar-refractivity contribution is -0.137. The van der Waals surface area contributed by atoms with Gasteiger partial charge < -0.3 is 10.1 Å². The number of halogens is 4. The van der Waals surface area contributed by atoms with E-state index in [2.05, 4.69) is 15.6 Å². The highest BCUT2D eigenvalue weighted by Crippen LogP contribution is 2.31. The summed E-state index contributed by atoms with van der Waals surface area (Å²) in [6, 6.07) is 10.2. The molecule has 0 unspecified atom stereocenters. The Balaban J connectivity index is 1.50. The second-order valence-corrected chi connectivity index (χ2v) is 6.45. The van der Waals surface area contributed by atoms with Crippen molar-refractivity contribution in [2.24, 2.45) is 0 Å². The van der Waals surface area contributed by atoms with Crippen LogP contribution in [0.15, 0.2) is 48.5 Å². The van der Waals surface area contributed by atoms with Crippen molar-refractivity contribution in [2.75, 3.05) is 5.32 Å². The fourth-order valence-corrected chi connectivity index (χ4v) is 3.03. The summed E-state index contributed by atoms with van der Waals surface area (Å²) in [7, 11) is 0. The lowest BCUT2D eigenvalue weighted by Gasteiger charge is -2.24. The monoisotopic (exact) mass is 406 g/mol. The molecule has 150 valence electrons. The number of fused-ring (bicyclic) bond motifs is 1. The number of nitrogens with zero attached hydrogens (tertiary/aromatic N) is 3. The van der Waals surface area contributed by atoms with Crippen LogP contribution in [-0.2, 0) is 24.1 Å². The highest BCUT2D eigenvalue weighted by Gasteiger charge is 2.31. The van der Waals surface area contributed by atoms with E-state index < -0.39 is 17.6 Å². The van der Waals surface area contributed by atoms with E-state index >= 15 is 0 Å². The van der Waals surface area contributed by atoms with E-state index in [9.17, 15) is 22.4 Å². The average molecular weight is 406 g/mol. The van der Waals surface area contributed by atoms with Crippen LogP contribution < -0.4 is 5.32 Å². The Morgan fingerprint density at radius 3 is 2.66 bits per heavy atom. The van der Waals surface area contributed by atoms with Gasteiger partial charge in [0.1, 0.15) is 11.9 Å². The van der Waals surface area contributed by atoms with Crippen LogP contribution in [-0.4, -0.2) is 20.9 Å². The standard InChI is InChI=1S/C19H14F4N4O2/c20-13-6-4-11(5-7-13)16-9-27-15(10-29-16)17(25-26-27)18(28)24-14-3-1-2-12(8-14)19(21,22)23/h1-8,16H,9-10H2,(H,24,28)/t16-/m1/s1. The first-order valence-corrected chi connectivity index (χ1v) is 8.59. The van der Waals surface area contributed by atoms with Crippen molar-refractivity contribution in [3.63, 3.8) is 0 Å². The van der Waals surface area contributed by atoms with E-state index in [-0.39, 0.29) is 36.5 Å².